The molecule has 0 radical (unpaired) electrons. The number of amidine groups is 1. The summed E-state index contributed by atoms with van der Waals surface area (Å²) in [7, 11) is 0. The van der Waals surface area contributed by atoms with E-state index in [1.54, 1.807) is 0 Å². The largest absolute Gasteiger partial charge is 0.281 e. The van der Waals surface area contributed by atoms with Crippen molar-refractivity contribution in [1.82, 2.24) is 4.68 Å². The van der Waals surface area contributed by atoms with Gasteiger partial charge in [-0.2, -0.15) is 0 Å². The van der Waals surface area contributed by atoms with Crippen molar-refractivity contribution >= 4 is 5.84 Å². The maximum absolute atomic E-state index is 4.57. The number of aliphatic imine (C=N–C) groups is 1. The average molecular weight is 205 g/mol. The molecule has 0 saturated carbocycles. The van der Waals surface area contributed by atoms with E-state index in [0.29, 0.717) is 0 Å². The molecule has 0 unspecified atom stereocenters. The van der Waals surface area contributed by atoms with Crippen LogP contribution in [-0.4, -0.2) is 17.1 Å². The van der Waals surface area contributed by atoms with Gasteiger partial charge in [0, 0.05) is 24.4 Å². The highest BCUT2D eigenvalue weighted by molar-refractivity contribution is 5.89. The van der Waals surface area contributed by atoms with Gasteiger partial charge in [-0.25, -0.2) is 0 Å². The number of hydrogen-bond donors (Lipinski definition) is 1. The van der Waals surface area contributed by atoms with Crippen LogP contribution in [0.4, 0.5) is 0 Å². The van der Waals surface area contributed by atoms with Gasteiger partial charge in [0.05, 0.1) is 0 Å². The Balaban J connectivity index is 2.10. The van der Waals surface area contributed by atoms with Crippen molar-refractivity contribution in [1.29, 1.82) is 0 Å². The summed E-state index contributed by atoms with van der Waals surface area (Å²) in [4.78, 5) is 4.57. The van der Waals surface area contributed by atoms with Crippen molar-refractivity contribution in [2.45, 2.75) is 39.5 Å². The Bertz CT molecular complexity index is 343. The van der Waals surface area contributed by atoms with Crippen LogP contribution in [0.5, 0.6) is 0 Å². The van der Waals surface area contributed by atoms with E-state index in [-0.39, 0.29) is 0 Å². The molecule has 82 valence electrons. The summed E-state index contributed by atoms with van der Waals surface area (Å²) in [5, 5.41) is 0. The zero-order valence-corrected chi connectivity index (χ0v) is 9.58. The van der Waals surface area contributed by atoms with E-state index in [1.807, 2.05) is 0 Å². The predicted molar refractivity (Wildman–Crippen MR) is 64.0 cm³/mol. The highest BCUT2D eigenvalue weighted by Crippen LogP contribution is 2.09. The summed E-state index contributed by atoms with van der Waals surface area (Å²) in [6.07, 6.45) is 4.87. The first-order valence-corrected chi connectivity index (χ1v) is 5.72. The van der Waals surface area contributed by atoms with Crippen molar-refractivity contribution in [3.8, 4) is 0 Å². The first kappa shape index (κ1) is 10.3. The number of aryl methyl sites for hydroxylation is 2. The molecule has 3 heteroatoms. The molecular weight excluding hydrogens is 186 g/mol. The Hall–Kier alpha value is -1.25. The third-order valence-corrected chi connectivity index (χ3v) is 2.89. The standard InChI is InChI=1S/C12H19N3/c1-10-7-8-11(2)15(10)14-12-6-4-3-5-9-13-12/h7-8H,3-6,9H2,1-2H3,(H,13,14). The van der Waals surface area contributed by atoms with Crippen molar-refractivity contribution < 1.29 is 0 Å². The minimum Gasteiger partial charge on any atom is -0.281 e. The number of aromatic nitrogens is 1. The van der Waals surface area contributed by atoms with Gasteiger partial charge in [-0.15, -0.1) is 0 Å². The minimum absolute atomic E-state index is 0.974. The van der Waals surface area contributed by atoms with Crippen LogP contribution in [0.25, 0.3) is 0 Å². The first-order valence-electron chi connectivity index (χ1n) is 5.72. The molecule has 3 nitrogen and oxygen atoms in total. The van der Waals surface area contributed by atoms with Gasteiger partial charge in [0.1, 0.15) is 5.84 Å². The molecule has 1 aliphatic rings. The van der Waals surface area contributed by atoms with Crippen molar-refractivity contribution in [3.63, 3.8) is 0 Å². The van der Waals surface area contributed by atoms with Gasteiger partial charge in [0.15, 0.2) is 0 Å². The minimum atomic E-state index is 0.974. The molecule has 0 aromatic carbocycles. The molecule has 0 atom stereocenters. The van der Waals surface area contributed by atoms with E-state index in [2.05, 4.69) is 41.1 Å². The van der Waals surface area contributed by atoms with Crippen molar-refractivity contribution in [2.24, 2.45) is 4.99 Å². The van der Waals surface area contributed by atoms with Crippen LogP contribution < -0.4 is 5.43 Å². The van der Waals surface area contributed by atoms with Crippen LogP contribution >= 0.6 is 0 Å². The van der Waals surface area contributed by atoms with Gasteiger partial charge in [-0.05, 0) is 38.8 Å². The van der Waals surface area contributed by atoms with Crippen LogP contribution in [0.2, 0.25) is 0 Å². The molecule has 0 fully saturated rings. The lowest BCUT2D eigenvalue weighted by atomic mass is 10.2. The smallest absolute Gasteiger partial charge is 0.115 e. The third kappa shape index (κ3) is 2.41. The maximum atomic E-state index is 4.57. The van der Waals surface area contributed by atoms with Crippen LogP contribution in [0.3, 0.4) is 0 Å². The maximum Gasteiger partial charge on any atom is 0.115 e. The van der Waals surface area contributed by atoms with Crippen molar-refractivity contribution in [3.05, 3.63) is 23.5 Å². The van der Waals surface area contributed by atoms with E-state index in [9.17, 15) is 0 Å². The van der Waals surface area contributed by atoms with Crippen LogP contribution in [-0.2, 0) is 0 Å². The van der Waals surface area contributed by atoms with E-state index in [4.69, 9.17) is 0 Å². The second-order valence-corrected chi connectivity index (χ2v) is 4.20. The Morgan fingerprint density at radius 1 is 1.13 bits per heavy atom. The molecule has 2 heterocycles. The Morgan fingerprint density at radius 3 is 2.60 bits per heavy atom. The second kappa shape index (κ2) is 4.51. The quantitative estimate of drug-likeness (QED) is 0.750. The number of hydrogen-bond acceptors (Lipinski definition) is 2. The molecule has 1 aromatic rings. The molecule has 0 aliphatic carbocycles. The van der Waals surface area contributed by atoms with Crippen LogP contribution in [0.1, 0.15) is 37.1 Å². The normalized spacial score (nSPS) is 17.1. The van der Waals surface area contributed by atoms with E-state index in [0.717, 1.165) is 18.8 Å². The highest BCUT2D eigenvalue weighted by Gasteiger charge is 2.06. The summed E-state index contributed by atoms with van der Waals surface area (Å²) in [6.45, 7) is 5.19. The summed E-state index contributed by atoms with van der Waals surface area (Å²) in [6, 6.07) is 4.25. The summed E-state index contributed by atoms with van der Waals surface area (Å²) < 4.78 is 2.12. The van der Waals surface area contributed by atoms with E-state index in [1.165, 1.54) is 30.7 Å². The van der Waals surface area contributed by atoms with E-state index < -0.39 is 0 Å². The molecule has 0 spiro atoms. The lowest BCUT2D eigenvalue weighted by Crippen LogP contribution is -2.24. The molecule has 0 amide bonds. The monoisotopic (exact) mass is 205 g/mol. The molecular formula is C12H19N3. The number of nitrogens with one attached hydrogen (secondary N) is 1. The highest BCUT2D eigenvalue weighted by atomic mass is 15.4. The Kier molecular flexibility index (Phi) is 3.09. The van der Waals surface area contributed by atoms with Gasteiger partial charge in [0.25, 0.3) is 0 Å². The predicted octanol–water partition coefficient (Wildman–Crippen LogP) is 2.62. The molecule has 1 aliphatic heterocycles. The summed E-state index contributed by atoms with van der Waals surface area (Å²) in [5.41, 5.74) is 5.88. The SMILES string of the molecule is Cc1ccc(C)n1NC1=NCCCCC1. The first-order chi connectivity index (χ1) is 7.27. The fraction of sp³-hybridized carbons (Fsp3) is 0.583. The van der Waals surface area contributed by atoms with Gasteiger partial charge in [-0.3, -0.25) is 15.1 Å². The lowest BCUT2D eigenvalue weighted by molar-refractivity contribution is 0.730. The molecule has 0 bridgehead atoms. The van der Waals surface area contributed by atoms with Gasteiger partial charge >= 0.3 is 0 Å². The number of nitrogens with zero attached hydrogens (tertiary/aromatic N) is 2. The Morgan fingerprint density at radius 2 is 1.87 bits per heavy atom. The van der Waals surface area contributed by atoms with E-state index >= 15 is 0 Å². The fourth-order valence-electron chi connectivity index (χ4n) is 1.94. The average Bonchev–Trinajstić information content (AvgIpc) is 2.49. The Labute approximate surface area is 91.2 Å². The molecule has 1 N–H and O–H groups in total. The van der Waals surface area contributed by atoms with Gasteiger partial charge in [-0.1, -0.05) is 6.42 Å². The van der Waals surface area contributed by atoms with Crippen LogP contribution in [0, 0.1) is 13.8 Å². The third-order valence-electron chi connectivity index (χ3n) is 2.89. The van der Waals surface area contributed by atoms with Crippen LogP contribution in [0.15, 0.2) is 17.1 Å². The number of rotatable bonds is 1. The molecule has 15 heavy (non-hydrogen) atoms. The van der Waals surface area contributed by atoms with Gasteiger partial charge < -0.3 is 0 Å². The molecule has 0 saturated heterocycles. The topological polar surface area (TPSA) is 29.3 Å². The fourth-order valence-corrected chi connectivity index (χ4v) is 1.94. The molecule has 2 rings (SSSR count). The summed E-state index contributed by atoms with van der Waals surface area (Å²) >= 11 is 0. The van der Waals surface area contributed by atoms with Gasteiger partial charge in [0.2, 0.25) is 0 Å². The second-order valence-electron chi connectivity index (χ2n) is 4.20. The zero-order chi connectivity index (χ0) is 10.7. The molecule has 1 aromatic heterocycles. The lowest BCUT2D eigenvalue weighted by Gasteiger charge is -2.13. The van der Waals surface area contributed by atoms with Crippen molar-refractivity contribution in [2.75, 3.05) is 12.0 Å². The zero-order valence-electron chi connectivity index (χ0n) is 9.58. The summed E-state index contributed by atoms with van der Waals surface area (Å²) in [5.74, 6) is 1.13.